The van der Waals surface area contributed by atoms with Gasteiger partial charge in [0.05, 0.1) is 22.3 Å². The quantitative estimate of drug-likeness (QED) is 0.731. The van der Waals surface area contributed by atoms with Gasteiger partial charge in [-0.3, -0.25) is 15.1 Å². The van der Waals surface area contributed by atoms with Crippen molar-refractivity contribution in [2.45, 2.75) is 58.2 Å². The molecule has 1 N–H and O–H groups in total. The number of pyridine rings is 1. The molecular weight excluding hydrogens is 417 g/mol. The van der Waals surface area contributed by atoms with Crippen LogP contribution >= 0.6 is 11.3 Å². The molecule has 6 nitrogen and oxygen atoms in total. The molecule has 30 heavy (non-hydrogen) atoms. The van der Waals surface area contributed by atoms with Gasteiger partial charge >= 0.3 is 12.2 Å². The number of amides is 2. The van der Waals surface area contributed by atoms with Crippen LogP contribution in [0.5, 0.6) is 0 Å². The van der Waals surface area contributed by atoms with Crippen LogP contribution in [0.2, 0.25) is 0 Å². The molecule has 3 rings (SSSR count). The lowest BCUT2D eigenvalue weighted by atomic mass is 9.87. The number of carbonyl (C=O) groups excluding carboxylic acids is 2. The van der Waals surface area contributed by atoms with Crippen LogP contribution in [0, 0.1) is 6.92 Å². The van der Waals surface area contributed by atoms with Crippen molar-refractivity contribution in [3.8, 4) is 10.4 Å². The Bertz CT molecular complexity index is 971. The van der Waals surface area contributed by atoms with Crippen molar-refractivity contribution >= 4 is 28.3 Å². The second-order valence-electron chi connectivity index (χ2n) is 7.88. The maximum Gasteiger partial charge on any atom is 0.399 e. The number of halogens is 3. The highest BCUT2D eigenvalue weighted by atomic mass is 32.1. The summed E-state index contributed by atoms with van der Waals surface area (Å²) in [6.45, 7) is 5.86. The molecule has 1 aliphatic rings. The van der Waals surface area contributed by atoms with Crippen LogP contribution in [0.1, 0.15) is 45.0 Å². The lowest BCUT2D eigenvalue weighted by Crippen LogP contribution is -2.42. The molecule has 0 unspecified atom stereocenters. The van der Waals surface area contributed by atoms with Gasteiger partial charge in [-0.1, -0.05) is 11.3 Å². The Kier molecular flexibility index (Phi) is 5.90. The molecule has 1 atom stereocenters. The number of urea groups is 1. The van der Waals surface area contributed by atoms with Crippen molar-refractivity contribution < 1.29 is 22.8 Å². The van der Waals surface area contributed by atoms with Gasteiger partial charge in [-0.05, 0) is 58.2 Å². The average Bonchev–Trinajstić information content (AvgIpc) is 3.28. The number of likely N-dealkylation sites (tertiary alicyclic amines) is 1. The zero-order valence-corrected chi connectivity index (χ0v) is 17.9. The molecule has 2 aromatic rings. The summed E-state index contributed by atoms with van der Waals surface area (Å²) < 4.78 is 40.2. The number of hydrogen-bond donors (Lipinski definition) is 1. The molecule has 2 aromatic heterocycles. The van der Waals surface area contributed by atoms with Crippen molar-refractivity contribution in [3.05, 3.63) is 29.7 Å². The van der Waals surface area contributed by atoms with E-state index in [2.05, 4.69) is 15.3 Å². The number of nitrogens with zero attached hydrogens (tertiary/aromatic N) is 3. The number of alkyl halides is 3. The Morgan fingerprint density at radius 3 is 2.63 bits per heavy atom. The molecule has 162 valence electrons. The van der Waals surface area contributed by atoms with Crippen LogP contribution in [0.4, 0.5) is 23.1 Å². The third-order valence-electron chi connectivity index (χ3n) is 5.36. The molecule has 1 saturated heterocycles. The van der Waals surface area contributed by atoms with Crippen molar-refractivity contribution in [1.82, 2.24) is 14.9 Å². The summed E-state index contributed by atoms with van der Waals surface area (Å²) >= 11 is 1.17. The number of rotatable bonds is 4. The Labute approximate surface area is 176 Å². The van der Waals surface area contributed by atoms with Crippen molar-refractivity contribution in [3.63, 3.8) is 0 Å². The number of ketones is 1. The van der Waals surface area contributed by atoms with Gasteiger partial charge < -0.3 is 4.90 Å². The Morgan fingerprint density at radius 2 is 2.00 bits per heavy atom. The molecule has 0 aliphatic carbocycles. The fraction of sp³-hybridized carbons (Fsp3) is 0.500. The zero-order chi connectivity index (χ0) is 22.3. The summed E-state index contributed by atoms with van der Waals surface area (Å²) in [6.07, 6.45) is -1.70. The van der Waals surface area contributed by atoms with E-state index in [9.17, 15) is 22.8 Å². The first-order valence-electron chi connectivity index (χ1n) is 9.51. The largest absolute Gasteiger partial charge is 0.399 e. The SMILES string of the molecule is CC(=O)[C@@H]1CCCN1C(=O)Nc1nc(C)c(-c2ccnc(C(C)(C)C(F)(F)F)c2)s1. The number of hydrogen-bond acceptors (Lipinski definition) is 5. The first-order chi connectivity index (χ1) is 13.9. The summed E-state index contributed by atoms with van der Waals surface area (Å²) in [7, 11) is 0. The monoisotopic (exact) mass is 440 g/mol. The van der Waals surface area contributed by atoms with E-state index in [4.69, 9.17) is 0 Å². The molecule has 0 aromatic carbocycles. The number of aromatic nitrogens is 2. The molecule has 2 amide bonds. The smallest absolute Gasteiger partial charge is 0.314 e. The second kappa shape index (κ2) is 7.98. The van der Waals surface area contributed by atoms with Gasteiger partial charge in [-0.2, -0.15) is 13.2 Å². The number of nitrogens with one attached hydrogen (secondary N) is 1. The lowest BCUT2D eigenvalue weighted by Gasteiger charge is -2.27. The van der Waals surface area contributed by atoms with Gasteiger partial charge in [0.25, 0.3) is 0 Å². The van der Waals surface area contributed by atoms with Crippen LogP contribution in [0.3, 0.4) is 0 Å². The number of carbonyl (C=O) groups is 2. The fourth-order valence-corrected chi connectivity index (χ4v) is 4.32. The first-order valence-corrected chi connectivity index (χ1v) is 10.3. The fourth-order valence-electron chi connectivity index (χ4n) is 3.37. The zero-order valence-electron chi connectivity index (χ0n) is 17.1. The molecule has 10 heteroatoms. The number of Topliss-reactive ketones (excluding diaryl/α,β-unsaturated/α-hetero) is 1. The Hall–Kier alpha value is -2.49. The van der Waals surface area contributed by atoms with E-state index in [1.807, 2.05) is 0 Å². The van der Waals surface area contributed by atoms with Crippen LogP contribution in [0.25, 0.3) is 10.4 Å². The van der Waals surface area contributed by atoms with Crippen molar-refractivity contribution in [2.75, 3.05) is 11.9 Å². The van der Waals surface area contributed by atoms with E-state index >= 15 is 0 Å². The van der Waals surface area contributed by atoms with Crippen molar-refractivity contribution in [2.24, 2.45) is 0 Å². The molecule has 0 bridgehead atoms. The van der Waals surface area contributed by atoms with Crippen LogP contribution < -0.4 is 5.32 Å². The molecule has 0 saturated carbocycles. The highest BCUT2D eigenvalue weighted by Crippen LogP contribution is 2.41. The van der Waals surface area contributed by atoms with E-state index in [1.165, 1.54) is 35.4 Å². The topological polar surface area (TPSA) is 75.2 Å². The Balaban J connectivity index is 1.84. The maximum absolute atomic E-state index is 13.4. The molecule has 3 heterocycles. The lowest BCUT2D eigenvalue weighted by molar-refractivity contribution is -0.181. The summed E-state index contributed by atoms with van der Waals surface area (Å²) in [6, 6.07) is 2.19. The minimum Gasteiger partial charge on any atom is -0.314 e. The number of anilines is 1. The summed E-state index contributed by atoms with van der Waals surface area (Å²) in [5.74, 6) is -0.0600. The van der Waals surface area contributed by atoms with Gasteiger partial charge in [0.15, 0.2) is 10.9 Å². The van der Waals surface area contributed by atoms with E-state index < -0.39 is 23.7 Å². The minimum absolute atomic E-state index is 0.0600. The standard InChI is InChI=1S/C20H23F3N4O2S/c1-11-16(13-7-8-24-15(10-13)19(3,4)20(21,22)23)30-17(25-11)26-18(29)27-9-5-6-14(27)12(2)28/h7-8,10,14H,5-6,9H2,1-4H3,(H,25,26,29)/t14-/m0/s1. The summed E-state index contributed by atoms with van der Waals surface area (Å²) in [5, 5.41) is 3.04. The van der Waals surface area contributed by atoms with E-state index in [-0.39, 0.29) is 11.5 Å². The molecule has 1 fully saturated rings. The van der Waals surface area contributed by atoms with Gasteiger partial charge in [-0.15, -0.1) is 0 Å². The van der Waals surface area contributed by atoms with Gasteiger partial charge in [0.2, 0.25) is 0 Å². The third-order valence-corrected chi connectivity index (χ3v) is 6.49. The summed E-state index contributed by atoms with van der Waals surface area (Å²) in [4.78, 5) is 34.7. The van der Waals surface area contributed by atoms with Gasteiger partial charge in [-0.25, -0.2) is 9.78 Å². The van der Waals surface area contributed by atoms with E-state index in [1.54, 1.807) is 13.0 Å². The average molecular weight is 440 g/mol. The predicted molar refractivity (Wildman–Crippen MR) is 109 cm³/mol. The maximum atomic E-state index is 13.4. The van der Waals surface area contributed by atoms with Crippen molar-refractivity contribution in [1.29, 1.82) is 0 Å². The highest BCUT2D eigenvalue weighted by Gasteiger charge is 2.49. The normalized spacial score (nSPS) is 17.3. The first kappa shape index (κ1) is 22.2. The summed E-state index contributed by atoms with van der Waals surface area (Å²) in [5.41, 5.74) is -1.06. The third kappa shape index (κ3) is 4.19. The Morgan fingerprint density at radius 1 is 1.30 bits per heavy atom. The minimum atomic E-state index is -4.44. The molecule has 0 radical (unpaired) electrons. The van der Waals surface area contributed by atoms with E-state index in [0.29, 0.717) is 34.2 Å². The van der Waals surface area contributed by atoms with Gasteiger partial charge in [0, 0.05) is 12.7 Å². The van der Waals surface area contributed by atoms with Crippen LogP contribution in [-0.4, -0.2) is 45.4 Å². The van der Waals surface area contributed by atoms with Crippen LogP contribution in [0.15, 0.2) is 18.3 Å². The molecular formula is C20H23F3N4O2S. The number of aryl methyl sites for hydroxylation is 1. The van der Waals surface area contributed by atoms with Crippen LogP contribution in [-0.2, 0) is 10.2 Å². The molecule has 0 spiro atoms. The number of thiazole rings is 1. The predicted octanol–water partition coefficient (Wildman–Crippen LogP) is 4.94. The van der Waals surface area contributed by atoms with Gasteiger partial charge in [0.1, 0.15) is 5.41 Å². The highest BCUT2D eigenvalue weighted by molar-refractivity contribution is 7.19. The molecule has 1 aliphatic heterocycles. The second-order valence-corrected chi connectivity index (χ2v) is 8.88. The van der Waals surface area contributed by atoms with E-state index in [0.717, 1.165) is 20.3 Å².